The van der Waals surface area contributed by atoms with Gasteiger partial charge in [0.2, 0.25) is 0 Å². The number of amides is 1. The second-order valence-corrected chi connectivity index (χ2v) is 6.79. The number of benzene rings is 2. The number of nitrogens with one attached hydrogen (secondary N) is 1. The Labute approximate surface area is 164 Å². The van der Waals surface area contributed by atoms with Crippen LogP contribution >= 0.6 is 0 Å². The van der Waals surface area contributed by atoms with Crippen LogP contribution in [0.1, 0.15) is 29.6 Å². The third-order valence-corrected chi connectivity index (χ3v) is 4.75. The van der Waals surface area contributed by atoms with Crippen LogP contribution in [-0.4, -0.2) is 34.8 Å². The molecule has 0 radical (unpaired) electrons. The number of imidazole rings is 1. The minimum absolute atomic E-state index is 0.151. The Balaban J connectivity index is 1.31. The maximum absolute atomic E-state index is 12.5. The van der Waals surface area contributed by atoms with Gasteiger partial charge in [-0.3, -0.25) is 4.79 Å². The molecule has 28 heavy (non-hydrogen) atoms. The first-order valence-corrected chi connectivity index (χ1v) is 9.52. The van der Waals surface area contributed by atoms with Crippen LogP contribution in [0.4, 0.5) is 5.69 Å². The topological polar surface area (TPSA) is 65.4 Å². The Bertz CT molecular complexity index is 884. The van der Waals surface area contributed by atoms with E-state index in [0.717, 1.165) is 36.6 Å². The van der Waals surface area contributed by atoms with E-state index in [9.17, 15) is 4.79 Å². The number of hydrogen-bond acceptors (Lipinski definition) is 4. The smallest absolute Gasteiger partial charge is 0.255 e. The summed E-state index contributed by atoms with van der Waals surface area (Å²) in [5, 5.41) is 2.91. The monoisotopic (exact) mass is 377 g/mol. The molecule has 1 aromatic heterocycles. The van der Waals surface area contributed by atoms with Gasteiger partial charge in [-0.1, -0.05) is 0 Å². The quantitative estimate of drug-likeness (QED) is 0.703. The van der Waals surface area contributed by atoms with Gasteiger partial charge in [-0.15, -0.1) is 0 Å². The molecule has 1 unspecified atom stereocenters. The summed E-state index contributed by atoms with van der Waals surface area (Å²) in [5.74, 6) is 0.623. The van der Waals surface area contributed by atoms with Crippen molar-refractivity contribution in [2.45, 2.75) is 25.4 Å². The first-order valence-electron chi connectivity index (χ1n) is 9.52. The molecule has 0 aliphatic carbocycles. The van der Waals surface area contributed by atoms with Gasteiger partial charge >= 0.3 is 0 Å². The number of nitrogens with zero attached hydrogens (tertiary/aromatic N) is 2. The van der Waals surface area contributed by atoms with E-state index in [1.54, 1.807) is 24.7 Å². The minimum atomic E-state index is -0.151. The first kappa shape index (κ1) is 18.3. The molecule has 1 amide bonds. The lowest BCUT2D eigenvalue weighted by Gasteiger charge is -2.22. The van der Waals surface area contributed by atoms with Crippen LogP contribution < -0.4 is 10.1 Å². The van der Waals surface area contributed by atoms with Crippen molar-refractivity contribution in [3.8, 4) is 11.4 Å². The van der Waals surface area contributed by atoms with E-state index in [-0.39, 0.29) is 12.0 Å². The molecule has 1 saturated heterocycles. The van der Waals surface area contributed by atoms with Crippen molar-refractivity contribution < 1.29 is 14.3 Å². The maximum atomic E-state index is 12.5. The molecule has 0 saturated carbocycles. The van der Waals surface area contributed by atoms with Crippen molar-refractivity contribution in [3.63, 3.8) is 0 Å². The fourth-order valence-electron chi connectivity index (χ4n) is 3.16. The minimum Gasteiger partial charge on any atom is -0.491 e. The van der Waals surface area contributed by atoms with Gasteiger partial charge in [-0.2, -0.15) is 0 Å². The average Bonchev–Trinajstić information content (AvgIpc) is 3.29. The van der Waals surface area contributed by atoms with Crippen molar-refractivity contribution in [1.29, 1.82) is 0 Å². The van der Waals surface area contributed by atoms with Crippen LogP contribution in [0.2, 0.25) is 0 Å². The van der Waals surface area contributed by atoms with Gasteiger partial charge in [-0.25, -0.2) is 4.98 Å². The lowest BCUT2D eigenvalue weighted by molar-refractivity contribution is -0.0110. The summed E-state index contributed by atoms with van der Waals surface area (Å²) in [7, 11) is 0. The number of carbonyl (C=O) groups excluding carboxylic acids is 1. The molecule has 1 aliphatic rings. The second kappa shape index (κ2) is 8.71. The molecular weight excluding hydrogens is 354 g/mol. The number of rotatable bonds is 6. The van der Waals surface area contributed by atoms with Crippen LogP contribution in [0, 0.1) is 0 Å². The van der Waals surface area contributed by atoms with Crippen molar-refractivity contribution in [2.75, 3.05) is 18.5 Å². The van der Waals surface area contributed by atoms with Gasteiger partial charge in [0.15, 0.2) is 0 Å². The predicted molar refractivity (Wildman–Crippen MR) is 107 cm³/mol. The van der Waals surface area contributed by atoms with Crippen LogP contribution in [0.5, 0.6) is 5.75 Å². The summed E-state index contributed by atoms with van der Waals surface area (Å²) in [6.07, 6.45) is 8.86. The van der Waals surface area contributed by atoms with Gasteiger partial charge in [-0.05, 0) is 67.8 Å². The second-order valence-electron chi connectivity index (χ2n) is 6.79. The lowest BCUT2D eigenvalue weighted by atomic mass is 10.1. The van der Waals surface area contributed by atoms with Crippen molar-refractivity contribution in [2.24, 2.45) is 0 Å². The van der Waals surface area contributed by atoms with Crippen molar-refractivity contribution in [3.05, 3.63) is 72.8 Å². The molecule has 144 valence electrons. The standard InChI is InChI=1S/C22H23N3O3/c26-22(17-4-8-19(9-5-17)25-13-12-23-16-25)24-18-6-10-20(11-7-18)28-15-21-3-1-2-14-27-21/h4-13,16,21H,1-3,14-15H2,(H,24,26). The molecule has 0 spiro atoms. The summed E-state index contributed by atoms with van der Waals surface area (Å²) in [6.45, 7) is 1.39. The van der Waals surface area contributed by atoms with Crippen LogP contribution in [0.25, 0.3) is 5.69 Å². The van der Waals surface area contributed by atoms with E-state index < -0.39 is 0 Å². The largest absolute Gasteiger partial charge is 0.491 e. The molecule has 1 fully saturated rings. The van der Waals surface area contributed by atoms with Crippen LogP contribution in [-0.2, 0) is 4.74 Å². The highest BCUT2D eigenvalue weighted by Gasteiger charge is 2.14. The molecular formula is C22H23N3O3. The predicted octanol–water partition coefficient (Wildman–Crippen LogP) is 4.07. The van der Waals surface area contributed by atoms with Gasteiger partial charge in [0.25, 0.3) is 5.91 Å². The average molecular weight is 377 g/mol. The zero-order chi connectivity index (χ0) is 19.2. The van der Waals surface area contributed by atoms with Gasteiger partial charge in [0, 0.05) is 35.9 Å². The molecule has 1 N–H and O–H groups in total. The molecule has 1 aliphatic heterocycles. The number of aromatic nitrogens is 2. The van der Waals surface area contributed by atoms with E-state index in [4.69, 9.17) is 9.47 Å². The number of ether oxygens (including phenoxy) is 2. The lowest BCUT2D eigenvalue weighted by Crippen LogP contribution is -2.25. The fourth-order valence-corrected chi connectivity index (χ4v) is 3.16. The molecule has 2 heterocycles. The third-order valence-electron chi connectivity index (χ3n) is 4.75. The van der Waals surface area contributed by atoms with Gasteiger partial charge in [0.1, 0.15) is 12.4 Å². The van der Waals surface area contributed by atoms with Crippen molar-refractivity contribution >= 4 is 11.6 Å². The van der Waals surface area contributed by atoms with Crippen LogP contribution in [0.3, 0.4) is 0 Å². The van der Waals surface area contributed by atoms with E-state index >= 15 is 0 Å². The molecule has 0 bridgehead atoms. The summed E-state index contributed by atoms with van der Waals surface area (Å²) in [5.41, 5.74) is 2.28. The maximum Gasteiger partial charge on any atom is 0.255 e. The number of hydrogen-bond donors (Lipinski definition) is 1. The van der Waals surface area contributed by atoms with E-state index in [1.165, 1.54) is 6.42 Å². The molecule has 4 rings (SSSR count). The Hall–Kier alpha value is -3.12. The van der Waals surface area contributed by atoms with E-state index in [0.29, 0.717) is 12.2 Å². The Morgan fingerprint density at radius 2 is 1.96 bits per heavy atom. The third kappa shape index (κ3) is 4.58. The highest BCUT2D eigenvalue weighted by Crippen LogP contribution is 2.19. The zero-order valence-corrected chi connectivity index (χ0v) is 15.6. The Morgan fingerprint density at radius 3 is 2.64 bits per heavy atom. The molecule has 2 aromatic carbocycles. The molecule has 1 atom stereocenters. The van der Waals surface area contributed by atoms with E-state index in [2.05, 4.69) is 10.3 Å². The summed E-state index contributed by atoms with van der Waals surface area (Å²) in [6, 6.07) is 14.8. The fraction of sp³-hybridized carbons (Fsp3) is 0.273. The van der Waals surface area contributed by atoms with Gasteiger partial charge < -0.3 is 19.4 Å². The Kier molecular flexibility index (Phi) is 5.68. The Morgan fingerprint density at radius 1 is 1.14 bits per heavy atom. The SMILES string of the molecule is O=C(Nc1ccc(OCC2CCCCO2)cc1)c1ccc(-n2ccnc2)cc1. The highest BCUT2D eigenvalue weighted by molar-refractivity contribution is 6.04. The molecule has 6 heteroatoms. The van der Waals surface area contributed by atoms with E-state index in [1.807, 2.05) is 47.2 Å². The number of anilines is 1. The number of carbonyl (C=O) groups is 1. The molecule has 6 nitrogen and oxygen atoms in total. The summed E-state index contributed by atoms with van der Waals surface area (Å²) in [4.78, 5) is 16.5. The first-order chi connectivity index (χ1) is 13.8. The summed E-state index contributed by atoms with van der Waals surface area (Å²) < 4.78 is 13.4. The summed E-state index contributed by atoms with van der Waals surface area (Å²) >= 11 is 0. The normalized spacial score (nSPS) is 16.5. The van der Waals surface area contributed by atoms with Gasteiger partial charge in [0.05, 0.1) is 12.4 Å². The zero-order valence-electron chi connectivity index (χ0n) is 15.6. The van der Waals surface area contributed by atoms with Crippen molar-refractivity contribution in [1.82, 2.24) is 9.55 Å². The van der Waals surface area contributed by atoms with Crippen LogP contribution in [0.15, 0.2) is 67.3 Å². The highest BCUT2D eigenvalue weighted by atomic mass is 16.5. The molecule has 3 aromatic rings.